The van der Waals surface area contributed by atoms with Gasteiger partial charge >= 0.3 is 6.03 Å². The molecule has 2 amide bonds. The molecule has 0 unspecified atom stereocenters. The lowest BCUT2D eigenvalue weighted by atomic mass is 9.54. The molecule has 0 heterocycles. The third kappa shape index (κ3) is 3.02. The summed E-state index contributed by atoms with van der Waals surface area (Å²) in [7, 11) is -3.71. The fourth-order valence-electron chi connectivity index (χ4n) is 5.21. The van der Waals surface area contributed by atoms with Gasteiger partial charge in [-0.3, -0.25) is 0 Å². The lowest BCUT2D eigenvalue weighted by molar-refractivity contribution is -0.00883. The van der Waals surface area contributed by atoms with Gasteiger partial charge in [0.15, 0.2) is 0 Å². The predicted molar refractivity (Wildman–Crippen MR) is 90.8 cm³/mol. The van der Waals surface area contributed by atoms with Crippen molar-refractivity contribution in [2.75, 3.05) is 5.32 Å². The van der Waals surface area contributed by atoms with E-state index in [2.05, 4.69) is 10.6 Å². The van der Waals surface area contributed by atoms with E-state index in [0.717, 1.165) is 11.8 Å². The predicted octanol–water partition coefficient (Wildman–Crippen LogP) is 2.28. The first kappa shape index (κ1) is 15.9. The topological polar surface area (TPSA) is 101 Å². The van der Waals surface area contributed by atoms with E-state index >= 15 is 0 Å². The molecule has 4 aliphatic rings. The number of hydrogen-bond donors (Lipinski definition) is 3. The molecule has 4 fully saturated rings. The standard InChI is InChI=1S/C17H23N3O3S/c18-24(22,23)15-3-1-14(2-4-15)19-17(21)20-16-12-6-10-5-11(8-12)9-13(16)7-10/h1-4,10-13,16H,5-9H2,(H2,18,22,23)(H2,19,20,21). The quantitative estimate of drug-likeness (QED) is 0.780. The van der Waals surface area contributed by atoms with Gasteiger partial charge in [0.05, 0.1) is 4.90 Å². The number of rotatable bonds is 3. The summed E-state index contributed by atoms with van der Waals surface area (Å²) in [6.45, 7) is 0. The van der Waals surface area contributed by atoms with Crippen molar-refractivity contribution in [2.45, 2.75) is 43.0 Å². The van der Waals surface area contributed by atoms with Gasteiger partial charge in [-0.25, -0.2) is 18.4 Å². The highest BCUT2D eigenvalue weighted by Gasteiger charge is 2.48. The van der Waals surface area contributed by atoms with E-state index in [1.807, 2.05) is 0 Å². The molecule has 24 heavy (non-hydrogen) atoms. The third-order valence-corrected chi connectivity index (χ3v) is 6.89. The van der Waals surface area contributed by atoms with Gasteiger partial charge < -0.3 is 10.6 Å². The van der Waals surface area contributed by atoms with Gasteiger partial charge in [-0.15, -0.1) is 0 Å². The fraction of sp³-hybridized carbons (Fsp3) is 0.588. The average molecular weight is 349 g/mol. The molecule has 4 bridgehead atoms. The van der Waals surface area contributed by atoms with Crippen LogP contribution in [0.5, 0.6) is 0 Å². The molecule has 4 saturated carbocycles. The van der Waals surface area contributed by atoms with Crippen molar-refractivity contribution < 1.29 is 13.2 Å². The Morgan fingerprint density at radius 2 is 1.50 bits per heavy atom. The van der Waals surface area contributed by atoms with Crippen LogP contribution in [-0.2, 0) is 10.0 Å². The number of hydrogen-bond acceptors (Lipinski definition) is 3. The van der Waals surface area contributed by atoms with Crippen molar-refractivity contribution in [1.29, 1.82) is 0 Å². The Labute approximate surface area is 142 Å². The summed E-state index contributed by atoms with van der Waals surface area (Å²) in [5.41, 5.74) is 0.559. The number of carbonyl (C=O) groups excluding carboxylic acids is 1. The van der Waals surface area contributed by atoms with Crippen LogP contribution < -0.4 is 15.8 Å². The number of anilines is 1. The first-order valence-electron chi connectivity index (χ1n) is 8.59. The van der Waals surface area contributed by atoms with E-state index in [1.54, 1.807) is 12.1 Å². The Balaban J connectivity index is 1.39. The molecule has 4 aliphatic carbocycles. The number of nitrogens with two attached hydrogens (primary N) is 1. The van der Waals surface area contributed by atoms with Crippen molar-refractivity contribution in [2.24, 2.45) is 28.8 Å². The average Bonchev–Trinajstić information content (AvgIpc) is 2.50. The SMILES string of the molecule is NS(=O)(=O)c1ccc(NC(=O)NC2C3CC4CC(C3)CC2C4)cc1. The van der Waals surface area contributed by atoms with Gasteiger partial charge in [0, 0.05) is 11.7 Å². The number of benzene rings is 1. The Hall–Kier alpha value is -1.60. The summed E-state index contributed by atoms with van der Waals surface area (Å²) in [4.78, 5) is 12.4. The Morgan fingerprint density at radius 3 is 2.00 bits per heavy atom. The molecule has 1 aromatic carbocycles. The lowest BCUT2D eigenvalue weighted by Gasteiger charge is -2.54. The molecule has 6 nitrogen and oxygen atoms in total. The molecule has 5 rings (SSSR count). The van der Waals surface area contributed by atoms with Crippen molar-refractivity contribution in [3.8, 4) is 0 Å². The highest BCUT2D eigenvalue weighted by atomic mass is 32.2. The van der Waals surface area contributed by atoms with Gasteiger partial charge in [-0.1, -0.05) is 0 Å². The molecule has 1 aromatic rings. The molecule has 0 radical (unpaired) electrons. The maximum Gasteiger partial charge on any atom is 0.319 e. The second-order valence-electron chi connectivity index (χ2n) is 7.62. The van der Waals surface area contributed by atoms with Crippen LogP contribution >= 0.6 is 0 Å². The van der Waals surface area contributed by atoms with E-state index < -0.39 is 10.0 Å². The first-order chi connectivity index (χ1) is 11.4. The van der Waals surface area contributed by atoms with Crippen LogP contribution in [0.1, 0.15) is 32.1 Å². The van der Waals surface area contributed by atoms with Crippen LogP contribution in [-0.4, -0.2) is 20.5 Å². The molecule has 7 heteroatoms. The third-order valence-electron chi connectivity index (χ3n) is 5.97. The smallest absolute Gasteiger partial charge is 0.319 e. The molecule has 0 atom stereocenters. The van der Waals surface area contributed by atoms with Crippen molar-refractivity contribution in [3.05, 3.63) is 24.3 Å². The van der Waals surface area contributed by atoms with Gasteiger partial charge in [-0.2, -0.15) is 0 Å². The number of sulfonamides is 1. The molecule has 130 valence electrons. The minimum absolute atomic E-state index is 0.0366. The largest absolute Gasteiger partial charge is 0.335 e. The number of urea groups is 1. The number of carbonyl (C=O) groups is 1. The number of amides is 2. The van der Waals surface area contributed by atoms with Crippen LogP contribution in [0.15, 0.2) is 29.2 Å². The fourth-order valence-corrected chi connectivity index (χ4v) is 5.72. The second kappa shape index (κ2) is 5.74. The maximum atomic E-state index is 12.3. The van der Waals surface area contributed by atoms with E-state index in [1.165, 1.54) is 44.2 Å². The van der Waals surface area contributed by atoms with Crippen molar-refractivity contribution in [1.82, 2.24) is 5.32 Å². The minimum Gasteiger partial charge on any atom is -0.335 e. The molecule has 4 N–H and O–H groups in total. The van der Waals surface area contributed by atoms with Gasteiger partial charge in [0.2, 0.25) is 10.0 Å². The first-order valence-corrected chi connectivity index (χ1v) is 10.1. The van der Waals surface area contributed by atoms with Gasteiger partial charge in [0.25, 0.3) is 0 Å². The monoisotopic (exact) mass is 349 g/mol. The Bertz CT molecular complexity index is 717. The van der Waals surface area contributed by atoms with Crippen LogP contribution in [0.25, 0.3) is 0 Å². The molecule has 0 spiro atoms. The van der Waals surface area contributed by atoms with Crippen molar-refractivity contribution in [3.63, 3.8) is 0 Å². The minimum atomic E-state index is -3.71. The summed E-state index contributed by atoms with van der Waals surface area (Å²) in [5, 5.41) is 11.0. The zero-order valence-electron chi connectivity index (χ0n) is 13.4. The Morgan fingerprint density at radius 1 is 0.958 bits per heavy atom. The van der Waals surface area contributed by atoms with Crippen LogP contribution in [0.2, 0.25) is 0 Å². The summed E-state index contributed by atoms with van der Waals surface area (Å²) in [6, 6.07) is 5.96. The normalized spacial score (nSPS) is 34.1. The van der Waals surface area contributed by atoms with Gasteiger partial charge in [0.1, 0.15) is 0 Å². The Kier molecular flexibility index (Phi) is 3.80. The van der Waals surface area contributed by atoms with Crippen molar-refractivity contribution >= 4 is 21.7 Å². The molecule has 0 saturated heterocycles. The van der Waals surface area contributed by atoms with E-state index in [-0.39, 0.29) is 17.0 Å². The molecule has 0 aliphatic heterocycles. The molecule has 0 aromatic heterocycles. The number of primary sulfonamides is 1. The zero-order valence-corrected chi connectivity index (χ0v) is 14.3. The highest BCUT2D eigenvalue weighted by molar-refractivity contribution is 7.89. The van der Waals surface area contributed by atoms with E-state index in [9.17, 15) is 13.2 Å². The lowest BCUT2D eigenvalue weighted by Crippen LogP contribution is -2.56. The van der Waals surface area contributed by atoms with Crippen LogP contribution in [0.4, 0.5) is 10.5 Å². The summed E-state index contributed by atoms with van der Waals surface area (Å²) in [5.74, 6) is 2.99. The summed E-state index contributed by atoms with van der Waals surface area (Å²) in [6.07, 6.45) is 6.40. The van der Waals surface area contributed by atoms with Crippen LogP contribution in [0, 0.1) is 23.7 Å². The molecular weight excluding hydrogens is 326 g/mol. The second-order valence-corrected chi connectivity index (χ2v) is 9.19. The zero-order chi connectivity index (χ0) is 16.9. The van der Waals surface area contributed by atoms with Crippen LogP contribution in [0.3, 0.4) is 0 Å². The van der Waals surface area contributed by atoms with E-state index in [0.29, 0.717) is 17.5 Å². The van der Waals surface area contributed by atoms with E-state index in [4.69, 9.17) is 5.14 Å². The summed E-state index contributed by atoms with van der Waals surface area (Å²) < 4.78 is 22.5. The highest BCUT2D eigenvalue weighted by Crippen LogP contribution is 2.53. The summed E-state index contributed by atoms with van der Waals surface area (Å²) >= 11 is 0. The number of nitrogens with one attached hydrogen (secondary N) is 2. The maximum absolute atomic E-state index is 12.3. The molecular formula is C17H23N3O3S. The van der Waals surface area contributed by atoms with Gasteiger partial charge in [-0.05, 0) is 80.0 Å².